The molecule has 1 aromatic carbocycles. The Labute approximate surface area is 160 Å². The van der Waals surface area contributed by atoms with Gasteiger partial charge in [0, 0.05) is 31.9 Å². The Hall–Kier alpha value is -2.19. The Bertz CT molecular complexity index is 940. The number of nitrogens with zero attached hydrogens (tertiary/aromatic N) is 3. The fraction of sp³-hybridized carbons (Fsp3) is 0.474. The highest BCUT2D eigenvalue weighted by molar-refractivity contribution is 7.89. The van der Waals surface area contributed by atoms with Crippen LogP contribution in [0.25, 0.3) is 0 Å². The van der Waals surface area contributed by atoms with Crippen molar-refractivity contribution in [2.24, 2.45) is 7.05 Å². The van der Waals surface area contributed by atoms with E-state index in [0.29, 0.717) is 42.1 Å². The third-order valence-electron chi connectivity index (χ3n) is 5.18. The molecule has 0 bridgehead atoms. The molecule has 0 unspecified atom stereocenters. The minimum atomic E-state index is -3.49. The molecule has 1 aliphatic heterocycles. The standard InChI is InChI=1S/C19H26N4O3S/c1-13-5-7-17(8-6-13)27(25,26)23-11-9-16(10-12-23)20-19(24)18-14(2)21-22(4)15(18)3/h5-8,16H,9-12H2,1-4H3,(H,20,24). The van der Waals surface area contributed by atoms with Gasteiger partial charge in [0.25, 0.3) is 5.91 Å². The van der Waals surface area contributed by atoms with Crippen molar-refractivity contribution >= 4 is 15.9 Å². The normalized spacial score (nSPS) is 16.4. The molecule has 27 heavy (non-hydrogen) atoms. The second-order valence-electron chi connectivity index (χ2n) is 7.13. The Morgan fingerprint density at radius 2 is 1.70 bits per heavy atom. The third kappa shape index (κ3) is 3.91. The van der Waals surface area contributed by atoms with Crippen LogP contribution in [-0.4, -0.2) is 47.5 Å². The van der Waals surface area contributed by atoms with Gasteiger partial charge in [-0.2, -0.15) is 9.40 Å². The first-order valence-corrected chi connectivity index (χ1v) is 10.5. The number of piperidine rings is 1. The zero-order chi connectivity index (χ0) is 19.8. The third-order valence-corrected chi connectivity index (χ3v) is 7.10. The van der Waals surface area contributed by atoms with Crippen molar-refractivity contribution in [3.63, 3.8) is 0 Å². The van der Waals surface area contributed by atoms with Crippen molar-refractivity contribution < 1.29 is 13.2 Å². The van der Waals surface area contributed by atoms with Crippen molar-refractivity contribution in [2.75, 3.05) is 13.1 Å². The monoisotopic (exact) mass is 390 g/mol. The molecule has 1 saturated heterocycles. The fourth-order valence-electron chi connectivity index (χ4n) is 3.46. The zero-order valence-electron chi connectivity index (χ0n) is 16.2. The molecule has 1 aliphatic rings. The van der Waals surface area contributed by atoms with Crippen LogP contribution in [0.1, 0.15) is 40.2 Å². The summed E-state index contributed by atoms with van der Waals surface area (Å²) in [6.45, 7) is 6.40. The van der Waals surface area contributed by atoms with Crippen molar-refractivity contribution in [1.82, 2.24) is 19.4 Å². The second kappa shape index (κ2) is 7.44. The van der Waals surface area contributed by atoms with Gasteiger partial charge in [0.15, 0.2) is 0 Å². The van der Waals surface area contributed by atoms with Crippen LogP contribution in [0.15, 0.2) is 29.2 Å². The van der Waals surface area contributed by atoms with E-state index in [-0.39, 0.29) is 11.9 Å². The van der Waals surface area contributed by atoms with E-state index >= 15 is 0 Å². The number of rotatable bonds is 4. The Morgan fingerprint density at radius 3 is 2.22 bits per heavy atom. The summed E-state index contributed by atoms with van der Waals surface area (Å²) < 4.78 is 28.7. The van der Waals surface area contributed by atoms with Crippen LogP contribution in [0.3, 0.4) is 0 Å². The molecule has 1 fully saturated rings. The van der Waals surface area contributed by atoms with Gasteiger partial charge in [-0.1, -0.05) is 17.7 Å². The van der Waals surface area contributed by atoms with Gasteiger partial charge < -0.3 is 5.32 Å². The second-order valence-corrected chi connectivity index (χ2v) is 9.07. The Morgan fingerprint density at radius 1 is 1.11 bits per heavy atom. The van der Waals surface area contributed by atoms with Crippen molar-refractivity contribution in [2.45, 2.75) is 44.6 Å². The lowest BCUT2D eigenvalue weighted by atomic mass is 10.1. The van der Waals surface area contributed by atoms with Crippen molar-refractivity contribution in [3.05, 3.63) is 46.8 Å². The number of carbonyl (C=O) groups is 1. The molecular weight excluding hydrogens is 364 g/mol. The number of aromatic nitrogens is 2. The number of amides is 1. The predicted octanol–water partition coefficient (Wildman–Crippen LogP) is 1.93. The molecule has 146 valence electrons. The van der Waals surface area contributed by atoms with E-state index in [1.165, 1.54) is 4.31 Å². The Kier molecular flexibility index (Phi) is 5.39. The fourth-order valence-corrected chi connectivity index (χ4v) is 4.93. The van der Waals surface area contributed by atoms with E-state index in [1.807, 2.05) is 27.8 Å². The molecule has 0 aliphatic carbocycles. The highest BCUT2D eigenvalue weighted by Crippen LogP contribution is 2.22. The predicted molar refractivity (Wildman–Crippen MR) is 103 cm³/mol. The molecule has 1 N–H and O–H groups in total. The van der Waals surface area contributed by atoms with Crippen molar-refractivity contribution in [3.8, 4) is 0 Å². The SMILES string of the molecule is Cc1ccc(S(=O)(=O)N2CCC(NC(=O)c3c(C)nn(C)c3C)CC2)cc1. The summed E-state index contributed by atoms with van der Waals surface area (Å²) in [4.78, 5) is 12.9. The first kappa shape index (κ1) is 19.6. The molecule has 0 saturated carbocycles. The zero-order valence-corrected chi connectivity index (χ0v) is 17.0. The molecule has 0 spiro atoms. The molecule has 2 aromatic rings. The molecule has 3 rings (SSSR count). The van der Waals surface area contributed by atoms with E-state index in [0.717, 1.165) is 11.3 Å². The Balaban J connectivity index is 1.63. The number of sulfonamides is 1. The van der Waals surface area contributed by atoms with Gasteiger partial charge in [0.1, 0.15) is 0 Å². The van der Waals surface area contributed by atoms with Gasteiger partial charge in [0.2, 0.25) is 10.0 Å². The van der Waals surface area contributed by atoms with E-state index in [9.17, 15) is 13.2 Å². The van der Waals surface area contributed by atoms with Gasteiger partial charge in [-0.15, -0.1) is 0 Å². The van der Waals surface area contributed by atoms with E-state index < -0.39 is 10.0 Å². The largest absolute Gasteiger partial charge is 0.349 e. The maximum Gasteiger partial charge on any atom is 0.255 e. The van der Waals surface area contributed by atoms with E-state index in [2.05, 4.69) is 10.4 Å². The van der Waals surface area contributed by atoms with Gasteiger partial charge in [-0.3, -0.25) is 9.48 Å². The number of hydrogen-bond acceptors (Lipinski definition) is 4. The maximum atomic E-state index is 12.8. The number of carbonyl (C=O) groups excluding carboxylic acids is 1. The molecule has 1 aromatic heterocycles. The smallest absolute Gasteiger partial charge is 0.255 e. The first-order valence-electron chi connectivity index (χ1n) is 9.08. The van der Waals surface area contributed by atoms with Crippen LogP contribution in [0.5, 0.6) is 0 Å². The van der Waals surface area contributed by atoms with Crippen LogP contribution in [0.4, 0.5) is 0 Å². The highest BCUT2D eigenvalue weighted by atomic mass is 32.2. The molecule has 7 nitrogen and oxygen atoms in total. The van der Waals surface area contributed by atoms with Crippen LogP contribution >= 0.6 is 0 Å². The quantitative estimate of drug-likeness (QED) is 0.865. The first-order chi connectivity index (χ1) is 12.7. The number of hydrogen-bond donors (Lipinski definition) is 1. The minimum absolute atomic E-state index is 0.0408. The summed E-state index contributed by atoms with van der Waals surface area (Å²) in [5, 5.41) is 7.31. The van der Waals surface area contributed by atoms with Crippen LogP contribution in [0, 0.1) is 20.8 Å². The van der Waals surface area contributed by atoms with Crippen molar-refractivity contribution in [1.29, 1.82) is 0 Å². The summed E-state index contributed by atoms with van der Waals surface area (Å²) in [5.41, 5.74) is 3.15. The molecule has 0 atom stereocenters. The lowest BCUT2D eigenvalue weighted by molar-refractivity contribution is 0.0922. The van der Waals surface area contributed by atoms with Gasteiger partial charge in [-0.05, 0) is 45.7 Å². The van der Waals surface area contributed by atoms with Gasteiger partial charge in [-0.25, -0.2) is 8.42 Å². The maximum absolute atomic E-state index is 12.8. The minimum Gasteiger partial charge on any atom is -0.349 e. The average Bonchev–Trinajstić information content (AvgIpc) is 2.88. The summed E-state index contributed by atoms with van der Waals surface area (Å²) in [6, 6.07) is 6.86. The number of nitrogens with one attached hydrogen (secondary N) is 1. The number of benzene rings is 1. The topological polar surface area (TPSA) is 84.3 Å². The highest BCUT2D eigenvalue weighted by Gasteiger charge is 2.30. The number of aryl methyl sites for hydroxylation is 3. The lowest BCUT2D eigenvalue weighted by Gasteiger charge is -2.31. The lowest BCUT2D eigenvalue weighted by Crippen LogP contribution is -2.46. The van der Waals surface area contributed by atoms with Crippen LogP contribution < -0.4 is 5.32 Å². The van der Waals surface area contributed by atoms with E-state index in [1.54, 1.807) is 28.9 Å². The molecule has 1 amide bonds. The molecule has 8 heteroatoms. The summed E-state index contributed by atoms with van der Waals surface area (Å²) in [6.07, 6.45) is 1.18. The summed E-state index contributed by atoms with van der Waals surface area (Å²) >= 11 is 0. The molecule has 0 radical (unpaired) electrons. The van der Waals surface area contributed by atoms with E-state index in [4.69, 9.17) is 0 Å². The van der Waals surface area contributed by atoms with Gasteiger partial charge in [0.05, 0.1) is 16.2 Å². The molecular formula is C19H26N4O3S. The van der Waals surface area contributed by atoms with Crippen LogP contribution in [-0.2, 0) is 17.1 Å². The average molecular weight is 391 g/mol. The van der Waals surface area contributed by atoms with Gasteiger partial charge >= 0.3 is 0 Å². The summed E-state index contributed by atoms with van der Waals surface area (Å²) in [7, 11) is -1.67. The molecule has 2 heterocycles. The van der Waals surface area contributed by atoms with Crippen LogP contribution in [0.2, 0.25) is 0 Å². The summed E-state index contributed by atoms with van der Waals surface area (Å²) in [5.74, 6) is -0.141.